The molecule has 14 heavy (non-hydrogen) atoms. The van der Waals surface area contributed by atoms with Gasteiger partial charge in [0.15, 0.2) is 0 Å². The van der Waals surface area contributed by atoms with E-state index in [1.54, 1.807) is 10.9 Å². The first-order valence-electron chi connectivity index (χ1n) is 4.94. The molecule has 0 amide bonds. The maximum Gasteiger partial charge on any atom is 0.0784 e. The van der Waals surface area contributed by atoms with Gasteiger partial charge in [0.25, 0.3) is 0 Å². The summed E-state index contributed by atoms with van der Waals surface area (Å²) < 4.78 is 1.75. The third-order valence-electron chi connectivity index (χ3n) is 2.10. The molecule has 0 fully saturated rings. The van der Waals surface area contributed by atoms with Gasteiger partial charge in [-0.25, -0.2) is 0 Å². The lowest BCUT2D eigenvalue weighted by atomic mass is 9.99. The van der Waals surface area contributed by atoms with Crippen molar-refractivity contribution in [3.63, 3.8) is 0 Å². The summed E-state index contributed by atoms with van der Waals surface area (Å²) in [7, 11) is 1.88. The Morgan fingerprint density at radius 1 is 1.64 bits per heavy atom. The van der Waals surface area contributed by atoms with Gasteiger partial charge in [0.2, 0.25) is 0 Å². The minimum atomic E-state index is -0.695. The van der Waals surface area contributed by atoms with E-state index < -0.39 is 5.60 Å². The quantitative estimate of drug-likeness (QED) is 0.715. The molecule has 0 saturated heterocycles. The van der Waals surface area contributed by atoms with E-state index in [2.05, 4.69) is 10.4 Å². The highest BCUT2D eigenvalue weighted by molar-refractivity contribution is 5.07. The Bertz CT molecular complexity index is 281. The maximum atomic E-state index is 10.0. The summed E-state index contributed by atoms with van der Waals surface area (Å²) >= 11 is 0. The monoisotopic (exact) mass is 197 g/mol. The zero-order chi connectivity index (χ0) is 10.6. The van der Waals surface area contributed by atoms with E-state index in [-0.39, 0.29) is 0 Å². The SMILES string of the molecule is CCNCC(C)(O)Cc1cnn(C)c1. The Hall–Kier alpha value is -0.870. The van der Waals surface area contributed by atoms with Crippen LogP contribution >= 0.6 is 0 Å². The average molecular weight is 197 g/mol. The number of likely N-dealkylation sites (N-methyl/N-ethyl adjacent to an activating group) is 1. The van der Waals surface area contributed by atoms with Crippen molar-refractivity contribution in [2.24, 2.45) is 7.05 Å². The predicted molar refractivity (Wildman–Crippen MR) is 56.1 cm³/mol. The van der Waals surface area contributed by atoms with E-state index in [0.29, 0.717) is 13.0 Å². The number of nitrogens with one attached hydrogen (secondary N) is 1. The normalized spacial score (nSPS) is 15.4. The van der Waals surface area contributed by atoms with E-state index in [9.17, 15) is 5.11 Å². The number of hydrogen-bond donors (Lipinski definition) is 2. The van der Waals surface area contributed by atoms with Crippen LogP contribution in [0, 0.1) is 0 Å². The van der Waals surface area contributed by atoms with Crippen LogP contribution in [0.4, 0.5) is 0 Å². The molecule has 1 unspecified atom stereocenters. The van der Waals surface area contributed by atoms with Gasteiger partial charge in [0.1, 0.15) is 0 Å². The van der Waals surface area contributed by atoms with Gasteiger partial charge in [-0.1, -0.05) is 6.92 Å². The van der Waals surface area contributed by atoms with E-state index in [4.69, 9.17) is 0 Å². The highest BCUT2D eigenvalue weighted by atomic mass is 16.3. The van der Waals surface area contributed by atoms with Crippen LogP contribution in [0.1, 0.15) is 19.4 Å². The van der Waals surface area contributed by atoms with Gasteiger partial charge in [0.05, 0.1) is 11.8 Å². The molecule has 0 radical (unpaired) electrons. The molecule has 2 N–H and O–H groups in total. The molecular weight excluding hydrogens is 178 g/mol. The number of hydrogen-bond acceptors (Lipinski definition) is 3. The Kier molecular flexibility index (Phi) is 3.66. The summed E-state index contributed by atoms with van der Waals surface area (Å²) in [4.78, 5) is 0. The second-order valence-corrected chi connectivity index (χ2v) is 3.98. The Morgan fingerprint density at radius 3 is 2.86 bits per heavy atom. The van der Waals surface area contributed by atoms with Crippen LogP contribution in [0.25, 0.3) is 0 Å². The van der Waals surface area contributed by atoms with Crippen molar-refractivity contribution >= 4 is 0 Å². The standard InChI is InChI=1S/C10H19N3O/c1-4-11-8-10(2,14)5-9-6-12-13(3)7-9/h6-7,11,14H,4-5,8H2,1-3H3. The molecule has 0 saturated carbocycles. The topological polar surface area (TPSA) is 50.1 Å². The van der Waals surface area contributed by atoms with Crippen LogP contribution in [0.5, 0.6) is 0 Å². The molecule has 0 aliphatic heterocycles. The molecule has 4 heteroatoms. The molecule has 1 heterocycles. The van der Waals surface area contributed by atoms with Gasteiger partial charge in [-0.2, -0.15) is 5.10 Å². The lowest BCUT2D eigenvalue weighted by Gasteiger charge is -2.22. The van der Waals surface area contributed by atoms with Crippen LogP contribution in [0.3, 0.4) is 0 Å². The zero-order valence-corrected chi connectivity index (χ0v) is 9.12. The van der Waals surface area contributed by atoms with Crippen LogP contribution in [0.15, 0.2) is 12.4 Å². The third-order valence-corrected chi connectivity index (χ3v) is 2.10. The molecule has 1 aromatic rings. The largest absolute Gasteiger partial charge is 0.389 e. The molecule has 1 rings (SSSR count). The molecule has 0 bridgehead atoms. The van der Waals surface area contributed by atoms with Crippen molar-refractivity contribution in [2.45, 2.75) is 25.9 Å². The van der Waals surface area contributed by atoms with Gasteiger partial charge in [-0.3, -0.25) is 4.68 Å². The fourth-order valence-corrected chi connectivity index (χ4v) is 1.46. The first-order valence-corrected chi connectivity index (χ1v) is 4.94. The van der Waals surface area contributed by atoms with Crippen molar-refractivity contribution in [2.75, 3.05) is 13.1 Å². The van der Waals surface area contributed by atoms with Crippen LogP contribution in [0.2, 0.25) is 0 Å². The lowest BCUT2D eigenvalue weighted by Crippen LogP contribution is -2.39. The predicted octanol–water partition coefficient (Wildman–Crippen LogP) is 0.323. The molecular formula is C10H19N3O. The zero-order valence-electron chi connectivity index (χ0n) is 9.12. The Balaban J connectivity index is 2.49. The van der Waals surface area contributed by atoms with E-state index in [1.807, 2.05) is 27.1 Å². The summed E-state index contributed by atoms with van der Waals surface area (Å²) in [5.41, 5.74) is 0.370. The first kappa shape index (κ1) is 11.2. The van der Waals surface area contributed by atoms with Gasteiger partial charge in [0, 0.05) is 26.2 Å². The van der Waals surface area contributed by atoms with Crippen molar-refractivity contribution in [1.29, 1.82) is 0 Å². The van der Waals surface area contributed by atoms with Crippen LogP contribution in [-0.4, -0.2) is 33.6 Å². The number of rotatable bonds is 5. The minimum Gasteiger partial charge on any atom is -0.389 e. The van der Waals surface area contributed by atoms with Gasteiger partial charge in [-0.05, 0) is 19.0 Å². The summed E-state index contributed by atoms with van der Waals surface area (Å²) in [6, 6.07) is 0. The number of nitrogens with zero attached hydrogens (tertiary/aromatic N) is 2. The van der Waals surface area contributed by atoms with E-state index in [0.717, 1.165) is 12.1 Å². The van der Waals surface area contributed by atoms with Crippen LogP contribution in [-0.2, 0) is 13.5 Å². The van der Waals surface area contributed by atoms with Gasteiger partial charge < -0.3 is 10.4 Å². The van der Waals surface area contributed by atoms with Crippen molar-refractivity contribution in [1.82, 2.24) is 15.1 Å². The molecule has 4 nitrogen and oxygen atoms in total. The molecule has 0 spiro atoms. The van der Waals surface area contributed by atoms with Crippen LogP contribution < -0.4 is 5.32 Å². The maximum absolute atomic E-state index is 10.0. The van der Waals surface area contributed by atoms with Gasteiger partial charge in [-0.15, -0.1) is 0 Å². The Labute approximate surface area is 84.9 Å². The number of aryl methyl sites for hydroxylation is 1. The fourth-order valence-electron chi connectivity index (χ4n) is 1.46. The molecule has 1 aromatic heterocycles. The molecule has 1 atom stereocenters. The number of aliphatic hydroxyl groups is 1. The summed E-state index contributed by atoms with van der Waals surface area (Å²) in [5, 5.41) is 17.2. The number of aromatic nitrogens is 2. The molecule has 80 valence electrons. The second kappa shape index (κ2) is 4.57. The van der Waals surface area contributed by atoms with Crippen molar-refractivity contribution in [3.05, 3.63) is 18.0 Å². The first-order chi connectivity index (χ1) is 6.53. The van der Waals surface area contributed by atoms with Crippen molar-refractivity contribution in [3.8, 4) is 0 Å². The highest BCUT2D eigenvalue weighted by Crippen LogP contribution is 2.11. The Morgan fingerprint density at radius 2 is 2.36 bits per heavy atom. The van der Waals surface area contributed by atoms with Gasteiger partial charge >= 0.3 is 0 Å². The van der Waals surface area contributed by atoms with Crippen molar-refractivity contribution < 1.29 is 5.11 Å². The second-order valence-electron chi connectivity index (χ2n) is 3.98. The summed E-state index contributed by atoms with van der Waals surface area (Å²) in [5.74, 6) is 0. The third kappa shape index (κ3) is 3.47. The highest BCUT2D eigenvalue weighted by Gasteiger charge is 2.20. The molecule has 0 aliphatic rings. The van der Waals surface area contributed by atoms with E-state index >= 15 is 0 Å². The van der Waals surface area contributed by atoms with E-state index in [1.165, 1.54) is 0 Å². The molecule has 0 aromatic carbocycles. The fraction of sp³-hybridized carbons (Fsp3) is 0.700. The smallest absolute Gasteiger partial charge is 0.0784 e. The lowest BCUT2D eigenvalue weighted by molar-refractivity contribution is 0.0607. The minimum absolute atomic E-state index is 0.610. The average Bonchev–Trinajstić information content (AvgIpc) is 2.47. The summed E-state index contributed by atoms with van der Waals surface area (Å²) in [6.07, 6.45) is 4.36. The molecule has 0 aliphatic carbocycles. The summed E-state index contributed by atoms with van der Waals surface area (Å²) in [6.45, 7) is 5.35.